The summed E-state index contributed by atoms with van der Waals surface area (Å²) in [6, 6.07) is 9.37. The second kappa shape index (κ2) is 10.2. The Balaban J connectivity index is 1.58. The summed E-state index contributed by atoms with van der Waals surface area (Å²) in [5, 5.41) is 3.02. The molecule has 0 spiro atoms. The summed E-state index contributed by atoms with van der Waals surface area (Å²) in [6.45, 7) is 6.65. The number of ether oxygens (including phenoxy) is 2. The smallest absolute Gasteiger partial charge is 0.254 e. The fourth-order valence-electron chi connectivity index (χ4n) is 3.68. The van der Waals surface area contributed by atoms with Crippen molar-refractivity contribution in [2.75, 3.05) is 52.3 Å². The van der Waals surface area contributed by atoms with Crippen LogP contribution in [0.3, 0.4) is 0 Å². The summed E-state index contributed by atoms with van der Waals surface area (Å²) in [7, 11) is 3.10. The van der Waals surface area contributed by atoms with Crippen molar-refractivity contribution in [1.82, 2.24) is 9.80 Å². The first kappa shape index (κ1) is 23.1. The van der Waals surface area contributed by atoms with Gasteiger partial charge in [-0.2, -0.15) is 0 Å². The molecule has 166 valence electrons. The van der Waals surface area contributed by atoms with Gasteiger partial charge in [0.1, 0.15) is 16.0 Å². The van der Waals surface area contributed by atoms with Crippen LogP contribution in [-0.2, 0) is 4.79 Å². The van der Waals surface area contributed by atoms with Crippen molar-refractivity contribution in [3.63, 3.8) is 0 Å². The van der Waals surface area contributed by atoms with E-state index in [4.69, 9.17) is 9.47 Å². The number of piperazine rings is 1. The average molecular weight is 490 g/mol. The predicted molar refractivity (Wildman–Crippen MR) is 124 cm³/mol. The molecule has 2 aromatic rings. The highest BCUT2D eigenvalue weighted by atomic mass is 79.9. The van der Waals surface area contributed by atoms with Crippen LogP contribution in [0.2, 0.25) is 0 Å². The van der Waals surface area contributed by atoms with Gasteiger partial charge in [-0.3, -0.25) is 14.5 Å². The summed E-state index contributed by atoms with van der Waals surface area (Å²) in [5.41, 5.74) is 3.48. The highest BCUT2D eigenvalue weighted by molar-refractivity contribution is 9.10. The quantitative estimate of drug-likeness (QED) is 0.672. The van der Waals surface area contributed by atoms with Gasteiger partial charge in [-0.15, -0.1) is 0 Å². The molecule has 31 heavy (non-hydrogen) atoms. The minimum atomic E-state index is -0.0799. The fraction of sp³-hybridized carbons (Fsp3) is 0.391. The van der Waals surface area contributed by atoms with Crippen LogP contribution in [-0.4, -0.2) is 68.6 Å². The Hall–Kier alpha value is -2.58. The molecule has 7 nitrogen and oxygen atoms in total. The Morgan fingerprint density at radius 1 is 1.00 bits per heavy atom. The van der Waals surface area contributed by atoms with Crippen LogP contribution in [0.4, 0.5) is 5.69 Å². The number of para-hydroxylation sites is 1. The molecule has 0 atom stereocenters. The molecular weight excluding hydrogens is 462 g/mol. The second-order valence-corrected chi connectivity index (χ2v) is 8.37. The third kappa shape index (κ3) is 5.37. The van der Waals surface area contributed by atoms with Gasteiger partial charge in [0.25, 0.3) is 5.91 Å². The Labute approximate surface area is 191 Å². The highest BCUT2D eigenvalue weighted by Crippen LogP contribution is 2.36. The van der Waals surface area contributed by atoms with Crippen LogP contribution < -0.4 is 14.8 Å². The Morgan fingerprint density at radius 2 is 1.55 bits per heavy atom. The van der Waals surface area contributed by atoms with E-state index in [2.05, 4.69) is 26.1 Å². The lowest BCUT2D eigenvalue weighted by Gasteiger charge is -2.34. The summed E-state index contributed by atoms with van der Waals surface area (Å²) < 4.78 is 11.4. The molecule has 0 unspecified atom stereocenters. The number of rotatable bonds is 6. The first-order valence-corrected chi connectivity index (χ1v) is 10.9. The molecule has 2 amide bonds. The third-order valence-electron chi connectivity index (χ3n) is 5.46. The number of aryl methyl sites for hydroxylation is 2. The maximum Gasteiger partial charge on any atom is 0.254 e. The number of hydrogen-bond donors (Lipinski definition) is 1. The van der Waals surface area contributed by atoms with Crippen LogP contribution in [0.5, 0.6) is 11.5 Å². The highest BCUT2D eigenvalue weighted by Gasteiger charge is 2.25. The van der Waals surface area contributed by atoms with Gasteiger partial charge < -0.3 is 19.7 Å². The van der Waals surface area contributed by atoms with Gasteiger partial charge in [-0.1, -0.05) is 18.2 Å². The normalized spacial score (nSPS) is 14.3. The third-order valence-corrected chi connectivity index (χ3v) is 6.25. The molecule has 1 aliphatic heterocycles. The Morgan fingerprint density at radius 3 is 2.06 bits per heavy atom. The number of carbonyl (C=O) groups is 2. The Bertz CT molecular complexity index is 926. The zero-order chi connectivity index (χ0) is 22.5. The topological polar surface area (TPSA) is 71.1 Å². The molecule has 1 saturated heterocycles. The van der Waals surface area contributed by atoms with Crippen molar-refractivity contribution < 1.29 is 19.1 Å². The van der Waals surface area contributed by atoms with Gasteiger partial charge in [-0.25, -0.2) is 0 Å². The minimum Gasteiger partial charge on any atom is -0.495 e. The summed E-state index contributed by atoms with van der Waals surface area (Å²) in [5.74, 6) is 0.970. The molecule has 1 heterocycles. The summed E-state index contributed by atoms with van der Waals surface area (Å²) >= 11 is 3.42. The first-order valence-electron chi connectivity index (χ1n) is 10.1. The van der Waals surface area contributed by atoms with Crippen molar-refractivity contribution in [3.05, 3.63) is 51.5 Å². The lowest BCUT2D eigenvalue weighted by molar-refractivity contribution is -0.117. The average Bonchev–Trinajstić information content (AvgIpc) is 2.76. The number of nitrogens with zero attached hydrogens (tertiary/aromatic N) is 2. The van der Waals surface area contributed by atoms with Gasteiger partial charge in [0.15, 0.2) is 0 Å². The largest absolute Gasteiger partial charge is 0.495 e. The van der Waals surface area contributed by atoms with Gasteiger partial charge >= 0.3 is 0 Å². The van der Waals surface area contributed by atoms with E-state index in [9.17, 15) is 9.59 Å². The lowest BCUT2D eigenvalue weighted by atomic mass is 10.1. The second-order valence-electron chi connectivity index (χ2n) is 7.58. The molecule has 3 rings (SSSR count). The van der Waals surface area contributed by atoms with E-state index in [-0.39, 0.29) is 11.8 Å². The van der Waals surface area contributed by atoms with Crippen LogP contribution in [0, 0.1) is 13.8 Å². The van der Waals surface area contributed by atoms with Crippen LogP contribution in [0.25, 0.3) is 0 Å². The van der Waals surface area contributed by atoms with E-state index < -0.39 is 0 Å². The van der Waals surface area contributed by atoms with E-state index in [1.807, 2.05) is 32.0 Å². The zero-order valence-electron chi connectivity index (χ0n) is 18.3. The van der Waals surface area contributed by atoms with Crippen molar-refractivity contribution in [2.45, 2.75) is 13.8 Å². The summed E-state index contributed by atoms with van der Waals surface area (Å²) in [4.78, 5) is 29.4. The van der Waals surface area contributed by atoms with E-state index in [0.717, 1.165) is 16.8 Å². The maximum absolute atomic E-state index is 13.0. The number of halogens is 1. The van der Waals surface area contributed by atoms with Crippen molar-refractivity contribution in [2.24, 2.45) is 0 Å². The van der Waals surface area contributed by atoms with E-state index in [1.165, 1.54) is 0 Å². The molecule has 0 aliphatic carbocycles. The van der Waals surface area contributed by atoms with Crippen LogP contribution in [0.15, 0.2) is 34.8 Å². The number of methoxy groups -OCH3 is 2. The molecule has 2 aromatic carbocycles. The van der Waals surface area contributed by atoms with E-state index >= 15 is 0 Å². The number of benzene rings is 2. The molecule has 0 bridgehead atoms. The Kier molecular flexibility index (Phi) is 7.56. The molecule has 1 fully saturated rings. The van der Waals surface area contributed by atoms with Gasteiger partial charge in [0.2, 0.25) is 5.91 Å². The number of carbonyl (C=O) groups excluding carboxylic acids is 2. The van der Waals surface area contributed by atoms with Crippen LogP contribution >= 0.6 is 15.9 Å². The number of nitrogens with one attached hydrogen (secondary N) is 1. The van der Waals surface area contributed by atoms with E-state index in [0.29, 0.717) is 54.3 Å². The molecule has 0 aromatic heterocycles. The lowest BCUT2D eigenvalue weighted by Crippen LogP contribution is -2.50. The van der Waals surface area contributed by atoms with Crippen molar-refractivity contribution in [3.8, 4) is 11.5 Å². The zero-order valence-corrected chi connectivity index (χ0v) is 19.9. The monoisotopic (exact) mass is 489 g/mol. The molecule has 0 radical (unpaired) electrons. The van der Waals surface area contributed by atoms with Crippen LogP contribution in [0.1, 0.15) is 21.5 Å². The molecule has 1 N–H and O–H groups in total. The summed E-state index contributed by atoms with van der Waals surface area (Å²) in [6.07, 6.45) is 0. The van der Waals surface area contributed by atoms with Gasteiger partial charge in [0, 0.05) is 37.4 Å². The minimum absolute atomic E-state index is 0.0421. The molecule has 8 heteroatoms. The number of anilines is 1. The predicted octanol–water partition coefficient (Wildman–Crippen LogP) is 3.48. The molecular formula is C23H28BrN3O4. The standard InChI is InChI=1S/C23H28BrN3O4/c1-15-6-5-7-16(2)22(15)25-20(28)14-26-8-10-27(11-9-26)23(29)17-12-18(30-3)21(24)19(13-17)31-4/h5-7,12-13H,8-11,14H2,1-4H3,(H,25,28). The maximum atomic E-state index is 13.0. The number of amides is 2. The number of hydrogen-bond acceptors (Lipinski definition) is 5. The van der Waals surface area contributed by atoms with Crippen molar-refractivity contribution >= 4 is 33.4 Å². The SMILES string of the molecule is COc1cc(C(=O)N2CCN(CC(=O)Nc3c(C)cccc3C)CC2)cc(OC)c1Br. The first-order chi connectivity index (χ1) is 14.8. The van der Waals surface area contributed by atoms with Gasteiger partial charge in [0.05, 0.1) is 20.8 Å². The van der Waals surface area contributed by atoms with Gasteiger partial charge in [-0.05, 0) is 53.0 Å². The fourth-order valence-corrected chi connectivity index (χ4v) is 4.23. The van der Waals surface area contributed by atoms with E-state index in [1.54, 1.807) is 31.3 Å². The molecule has 1 aliphatic rings. The van der Waals surface area contributed by atoms with Crippen molar-refractivity contribution in [1.29, 1.82) is 0 Å². The molecule has 0 saturated carbocycles.